The van der Waals surface area contributed by atoms with Crippen LogP contribution in [0, 0.1) is 23.2 Å². The van der Waals surface area contributed by atoms with E-state index in [0.717, 1.165) is 23.5 Å². The van der Waals surface area contributed by atoms with Crippen molar-refractivity contribution in [2.45, 2.75) is 51.0 Å². The molecule has 4 nitrogen and oxygen atoms in total. The van der Waals surface area contributed by atoms with E-state index >= 15 is 0 Å². The van der Waals surface area contributed by atoms with E-state index in [1.807, 2.05) is 36.4 Å². The maximum atomic E-state index is 13.3. The summed E-state index contributed by atoms with van der Waals surface area (Å²) in [6, 6.07) is 18.2. The summed E-state index contributed by atoms with van der Waals surface area (Å²) in [5.41, 5.74) is 3.20. The fraction of sp³-hybridized carbons (Fsp3) is 0.462. The zero-order valence-electron chi connectivity index (χ0n) is 17.6. The van der Waals surface area contributed by atoms with Gasteiger partial charge in [0.25, 0.3) is 5.91 Å². The van der Waals surface area contributed by atoms with Crippen LogP contribution in [0.1, 0.15) is 56.6 Å². The van der Waals surface area contributed by atoms with Gasteiger partial charge in [-0.25, -0.2) is 5.43 Å². The molecular formula is C26H30N2O2. The highest BCUT2D eigenvalue weighted by Gasteiger charge is 2.52. The van der Waals surface area contributed by atoms with Crippen LogP contribution in [0.4, 0.5) is 0 Å². The molecule has 1 amide bonds. The van der Waals surface area contributed by atoms with Gasteiger partial charge in [0.15, 0.2) is 5.60 Å². The molecule has 156 valence electrons. The van der Waals surface area contributed by atoms with Crippen LogP contribution in [-0.2, 0) is 10.4 Å². The summed E-state index contributed by atoms with van der Waals surface area (Å²) in [5, 5.41) is 16.2. The molecule has 2 aromatic rings. The maximum absolute atomic E-state index is 13.3. The molecule has 30 heavy (non-hydrogen) atoms. The van der Waals surface area contributed by atoms with Crippen LogP contribution in [0.15, 0.2) is 65.8 Å². The van der Waals surface area contributed by atoms with E-state index in [-0.39, 0.29) is 5.41 Å². The third kappa shape index (κ3) is 3.18. The number of nitrogens with one attached hydrogen (secondary N) is 1. The first-order valence-corrected chi connectivity index (χ1v) is 11.2. The molecule has 6 rings (SSSR count). The molecule has 2 N–H and O–H groups in total. The lowest BCUT2D eigenvalue weighted by atomic mass is 9.48. The van der Waals surface area contributed by atoms with Crippen molar-refractivity contribution in [3.63, 3.8) is 0 Å². The molecule has 0 aliphatic heterocycles. The lowest BCUT2D eigenvalue weighted by Crippen LogP contribution is -2.50. The monoisotopic (exact) mass is 402 g/mol. The van der Waals surface area contributed by atoms with Crippen LogP contribution >= 0.6 is 0 Å². The van der Waals surface area contributed by atoms with Crippen LogP contribution in [0.5, 0.6) is 0 Å². The Hall–Kier alpha value is -2.46. The van der Waals surface area contributed by atoms with Gasteiger partial charge in [-0.1, -0.05) is 60.7 Å². The number of hydrazone groups is 1. The number of hydrogen-bond donors (Lipinski definition) is 2. The van der Waals surface area contributed by atoms with Crippen LogP contribution in [-0.4, -0.2) is 16.7 Å². The zero-order chi connectivity index (χ0) is 20.8. The summed E-state index contributed by atoms with van der Waals surface area (Å²) < 4.78 is 0. The molecule has 4 aliphatic rings. The standard InChI is InChI=1S/C26H30N2O2/c1-18(25-15-19-12-20(16-25)14-21(13-19)17-25)27-28-24(29)26(30,22-8-4-2-5-9-22)23-10-6-3-7-11-23/h2-11,19-21,30H,12-17H2,1H3,(H,28,29)/b27-18-. The fourth-order valence-corrected chi connectivity index (χ4v) is 6.68. The number of amides is 1. The Balaban J connectivity index is 1.43. The van der Waals surface area contributed by atoms with Crippen LogP contribution < -0.4 is 5.43 Å². The highest BCUT2D eigenvalue weighted by atomic mass is 16.3. The van der Waals surface area contributed by atoms with Crippen molar-refractivity contribution in [3.8, 4) is 0 Å². The summed E-state index contributed by atoms with van der Waals surface area (Å²) in [5.74, 6) is 1.96. The normalized spacial score (nSPS) is 30.3. The third-order valence-electron chi connectivity index (χ3n) is 7.84. The van der Waals surface area contributed by atoms with Crippen molar-refractivity contribution >= 4 is 11.6 Å². The van der Waals surface area contributed by atoms with Gasteiger partial charge in [0, 0.05) is 11.1 Å². The number of hydrogen-bond acceptors (Lipinski definition) is 3. The fourth-order valence-electron chi connectivity index (χ4n) is 6.68. The molecule has 0 radical (unpaired) electrons. The number of aliphatic hydroxyl groups is 1. The van der Waals surface area contributed by atoms with E-state index in [9.17, 15) is 9.90 Å². The molecule has 0 atom stereocenters. The SMILES string of the molecule is C/C(=N/NC(=O)C(O)(c1ccccc1)c1ccccc1)C12CC3CC(CC(C3)C1)C2. The third-order valence-corrected chi connectivity index (χ3v) is 7.84. The smallest absolute Gasteiger partial charge is 0.281 e. The summed E-state index contributed by atoms with van der Waals surface area (Å²) in [6.07, 6.45) is 7.73. The van der Waals surface area contributed by atoms with Crippen molar-refractivity contribution in [1.82, 2.24) is 5.43 Å². The van der Waals surface area contributed by atoms with Gasteiger partial charge in [0.05, 0.1) is 0 Å². The Kier molecular flexibility index (Phi) is 4.78. The first kappa shape index (κ1) is 19.5. The Labute approximate surface area is 178 Å². The topological polar surface area (TPSA) is 61.7 Å². The molecule has 4 bridgehead atoms. The molecule has 0 aromatic heterocycles. The second-order valence-electron chi connectivity index (χ2n) is 9.78. The molecular weight excluding hydrogens is 372 g/mol. The lowest BCUT2D eigenvalue weighted by Gasteiger charge is -2.56. The van der Waals surface area contributed by atoms with E-state index < -0.39 is 11.5 Å². The number of benzene rings is 2. The highest BCUT2D eigenvalue weighted by molar-refractivity contribution is 5.93. The first-order valence-electron chi connectivity index (χ1n) is 11.2. The van der Waals surface area contributed by atoms with Crippen molar-refractivity contribution in [2.75, 3.05) is 0 Å². The van der Waals surface area contributed by atoms with Gasteiger partial charge in [-0.3, -0.25) is 4.79 Å². The Morgan fingerprint density at radius 2 is 1.33 bits per heavy atom. The molecule has 4 heteroatoms. The Morgan fingerprint density at radius 3 is 1.77 bits per heavy atom. The summed E-state index contributed by atoms with van der Waals surface area (Å²) in [6.45, 7) is 2.07. The first-order chi connectivity index (χ1) is 14.5. The van der Waals surface area contributed by atoms with Gasteiger partial charge >= 0.3 is 0 Å². The molecule has 0 saturated heterocycles. The largest absolute Gasteiger partial charge is 0.372 e. The Morgan fingerprint density at radius 1 is 0.900 bits per heavy atom. The van der Waals surface area contributed by atoms with Crippen LogP contribution in [0.3, 0.4) is 0 Å². The van der Waals surface area contributed by atoms with Gasteiger partial charge < -0.3 is 5.11 Å². The minimum atomic E-state index is -1.78. The second-order valence-corrected chi connectivity index (χ2v) is 9.78. The summed E-state index contributed by atoms with van der Waals surface area (Å²) in [7, 11) is 0. The van der Waals surface area contributed by atoms with Gasteiger partial charge in [0.2, 0.25) is 0 Å². The molecule has 0 heterocycles. The van der Waals surface area contributed by atoms with E-state index in [4.69, 9.17) is 0 Å². The summed E-state index contributed by atoms with van der Waals surface area (Å²) in [4.78, 5) is 13.3. The molecule has 0 spiro atoms. The molecule has 0 unspecified atom stereocenters. The van der Waals surface area contributed by atoms with Crippen LogP contribution in [0.2, 0.25) is 0 Å². The predicted octanol–water partition coefficient (Wildman–Crippen LogP) is 4.63. The van der Waals surface area contributed by atoms with Crippen molar-refractivity contribution in [3.05, 3.63) is 71.8 Å². The van der Waals surface area contributed by atoms with Crippen molar-refractivity contribution in [2.24, 2.45) is 28.3 Å². The molecule has 2 aromatic carbocycles. The average Bonchev–Trinajstić information content (AvgIpc) is 2.77. The molecule has 4 saturated carbocycles. The predicted molar refractivity (Wildman–Crippen MR) is 118 cm³/mol. The maximum Gasteiger partial charge on any atom is 0.281 e. The number of nitrogens with zero attached hydrogens (tertiary/aromatic N) is 1. The number of carbonyl (C=O) groups is 1. The van der Waals surface area contributed by atoms with Crippen LogP contribution in [0.25, 0.3) is 0 Å². The van der Waals surface area contributed by atoms with E-state index in [2.05, 4.69) is 17.5 Å². The number of rotatable bonds is 5. The van der Waals surface area contributed by atoms with Gasteiger partial charge in [-0.2, -0.15) is 5.10 Å². The number of carbonyl (C=O) groups excluding carboxylic acids is 1. The van der Waals surface area contributed by atoms with E-state index in [1.54, 1.807) is 24.3 Å². The zero-order valence-corrected chi connectivity index (χ0v) is 17.6. The van der Waals surface area contributed by atoms with E-state index in [1.165, 1.54) is 38.5 Å². The minimum absolute atomic E-state index is 0.139. The van der Waals surface area contributed by atoms with Gasteiger partial charge in [0.1, 0.15) is 0 Å². The van der Waals surface area contributed by atoms with Gasteiger partial charge in [-0.05, 0) is 74.3 Å². The highest BCUT2D eigenvalue weighted by Crippen LogP contribution is 2.60. The lowest BCUT2D eigenvalue weighted by molar-refractivity contribution is -0.136. The minimum Gasteiger partial charge on any atom is -0.372 e. The second kappa shape index (κ2) is 7.35. The Bertz CT molecular complexity index is 877. The average molecular weight is 403 g/mol. The van der Waals surface area contributed by atoms with Crippen molar-refractivity contribution in [1.29, 1.82) is 0 Å². The van der Waals surface area contributed by atoms with E-state index in [0.29, 0.717) is 11.1 Å². The van der Waals surface area contributed by atoms with Gasteiger partial charge in [-0.15, -0.1) is 0 Å². The van der Waals surface area contributed by atoms with Crippen molar-refractivity contribution < 1.29 is 9.90 Å². The summed E-state index contributed by atoms with van der Waals surface area (Å²) >= 11 is 0. The molecule has 4 aliphatic carbocycles. The quantitative estimate of drug-likeness (QED) is 0.566. The molecule has 4 fully saturated rings.